The third-order valence-corrected chi connectivity index (χ3v) is 4.05. The fourth-order valence-electron chi connectivity index (χ4n) is 1.84. The number of carbonyl (C=O) groups excluding carboxylic acids is 1. The first-order chi connectivity index (χ1) is 10.6. The van der Waals surface area contributed by atoms with E-state index in [1.807, 2.05) is 30.5 Å². The van der Waals surface area contributed by atoms with E-state index >= 15 is 0 Å². The van der Waals surface area contributed by atoms with E-state index in [9.17, 15) is 9.90 Å². The molecule has 0 fully saturated rings. The van der Waals surface area contributed by atoms with E-state index in [1.165, 1.54) is 0 Å². The van der Waals surface area contributed by atoms with Crippen LogP contribution in [0, 0.1) is 0 Å². The summed E-state index contributed by atoms with van der Waals surface area (Å²) in [5.74, 6) is 0. The lowest BCUT2D eigenvalue weighted by molar-refractivity contribution is 0.175. The number of halogens is 1. The summed E-state index contributed by atoms with van der Waals surface area (Å²) in [6.07, 6.45) is 1.22. The van der Waals surface area contributed by atoms with Crippen LogP contribution < -0.4 is 10.6 Å². The standard InChI is InChI=1S/C16H17ClN2O2S/c1-22-14-8-6-13(7-9-14)19-16(21)18-10-15(20)11-2-4-12(17)5-3-11/h2-9,15,20H,10H2,1H3,(H2,18,19,21). The molecule has 0 spiro atoms. The van der Waals surface area contributed by atoms with E-state index in [2.05, 4.69) is 10.6 Å². The second-order valence-electron chi connectivity index (χ2n) is 4.63. The minimum Gasteiger partial charge on any atom is -0.387 e. The van der Waals surface area contributed by atoms with Gasteiger partial charge in [0.1, 0.15) is 0 Å². The highest BCUT2D eigenvalue weighted by Gasteiger charge is 2.09. The summed E-state index contributed by atoms with van der Waals surface area (Å²) in [5.41, 5.74) is 1.41. The monoisotopic (exact) mass is 336 g/mol. The van der Waals surface area contributed by atoms with Gasteiger partial charge in [-0.2, -0.15) is 0 Å². The number of thioether (sulfide) groups is 1. The van der Waals surface area contributed by atoms with Crippen LogP contribution >= 0.6 is 23.4 Å². The molecular weight excluding hydrogens is 320 g/mol. The summed E-state index contributed by atoms with van der Waals surface area (Å²) in [6, 6.07) is 14.0. The zero-order valence-electron chi connectivity index (χ0n) is 12.0. The summed E-state index contributed by atoms with van der Waals surface area (Å²) in [6.45, 7) is 0.121. The van der Waals surface area contributed by atoms with E-state index in [4.69, 9.17) is 11.6 Å². The number of hydrogen-bond donors (Lipinski definition) is 3. The normalized spacial score (nSPS) is 11.8. The van der Waals surface area contributed by atoms with Crippen molar-refractivity contribution in [3.8, 4) is 0 Å². The van der Waals surface area contributed by atoms with Crippen LogP contribution in [-0.2, 0) is 0 Å². The average molecular weight is 337 g/mol. The first kappa shape index (κ1) is 16.7. The van der Waals surface area contributed by atoms with Crippen LogP contribution in [0.1, 0.15) is 11.7 Å². The summed E-state index contributed by atoms with van der Waals surface area (Å²) < 4.78 is 0. The lowest BCUT2D eigenvalue weighted by Crippen LogP contribution is -2.32. The Morgan fingerprint density at radius 2 is 1.82 bits per heavy atom. The van der Waals surface area contributed by atoms with Crippen LogP contribution in [0.4, 0.5) is 10.5 Å². The molecule has 2 amide bonds. The predicted octanol–water partition coefficient (Wildman–Crippen LogP) is 3.92. The highest BCUT2D eigenvalue weighted by molar-refractivity contribution is 7.98. The van der Waals surface area contributed by atoms with E-state index < -0.39 is 6.10 Å². The first-order valence-electron chi connectivity index (χ1n) is 6.71. The molecule has 116 valence electrons. The Kier molecular flexibility index (Phi) is 6.12. The fraction of sp³-hybridized carbons (Fsp3) is 0.188. The Hall–Kier alpha value is -1.69. The molecule has 6 heteroatoms. The highest BCUT2D eigenvalue weighted by atomic mass is 35.5. The zero-order chi connectivity index (χ0) is 15.9. The Morgan fingerprint density at radius 3 is 2.41 bits per heavy atom. The van der Waals surface area contributed by atoms with Gasteiger partial charge in [-0.25, -0.2) is 4.79 Å². The van der Waals surface area contributed by atoms with Gasteiger partial charge in [-0.15, -0.1) is 11.8 Å². The molecule has 0 aliphatic heterocycles. The van der Waals surface area contributed by atoms with Crippen LogP contribution in [0.25, 0.3) is 0 Å². The smallest absolute Gasteiger partial charge is 0.319 e. The Bertz CT molecular complexity index is 617. The number of anilines is 1. The van der Waals surface area contributed by atoms with Crippen molar-refractivity contribution in [2.45, 2.75) is 11.0 Å². The maximum absolute atomic E-state index is 11.8. The molecule has 2 aromatic carbocycles. The van der Waals surface area contributed by atoms with Gasteiger partial charge in [-0.3, -0.25) is 0 Å². The van der Waals surface area contributed by atoms with Gasteiger partial charge in [-0.1, -0.05) is 23.7 Å². The van der Waals surface area contributed by atoms with Crippen LogP contribution in [0.15, 0.2) is 53.4 Å². The molecule has 0 aliphatic carbocycles. The predicted molar refractivity (Wildman–Crippen MR) is 91.7 cm³/mol. The molecule has 0 aliphatic rings. The average Bonchev–Trinajstić information content (AvgIpc) is 2.54. The molecule has 2 rings (SSSR count). The molecule has 2 aromatic rings. The second kappa shape index (κ2) is 8.08. The van der Waals surface area contributed by atoms with Gasteiger partial charge in [0.15, 0.2) is 0 Å². The Labute approximate surface area is 138 Å². The van der Waals surface area contributed by atoms with Crippen molar-refractivity contribution >= 4 is 35.1 Å². The summed E-state index contributed by atoms with van der Waals surface area (Å²) in [5, 5.41) is 16.0. The number of aliphatic hydroxyl groups is 1. The van der Waals surface area contributed by atoms with Crippen molar-refractivity contribution in [3.63, 3.8) is 0 Å². The van der Waals surface area contributed by atoms with Crippen molar-refractivity contribution in [1.29, 1.82) is 0 Å². The lowest BCUT2D eigenvalue weighted by atomic mass is 10.1. The van der Waals surface area contributed by atoms with Gasteiger partial charge >= 0.3 is 6.03 Å². The molecule has 1 atom stereocenters. The number of nitrogens with one attached hydrogen (secondary N) is 2. The van der Waals surface area contributed by atoms with Gasteiger partial charge in [0.2, 0.25) is 0 Å². The molecular formula is C16H17ClN2O2S. The van der Waals surface area contributed by atoms with Crippen molar-refractivity contribution in [3.05, 3.63) is 59.1 Å². The molecule has 0 radical (unpaired) electrons. The fourth-order valence-corrected chi connectivity index (χ4v) is 2.38. The largest absolute Gasteiger partial charge is 0.387 e. The molecule has 22 heavy (non-hydrogen) atoms. The van der Waals surface area contributed by atoms with Crippen molar-refractivity contribution in [2.24, 2.45) is 0 Å². The number of aliphatic hydroxyl groups excluding tert-OH is 1. The molecule has 0 saturated carbocycles. The van der Waals surface area contributed by atoms with E-state index in [-0.39, 0.29) is 12.6 Å². The molecule has 0 aromatic heterocycles. The van der Waals surface area contributed by atoms with Crippen LogP contribution in [0.3, 0.4) is 0 Å². The third-order valence-electron chi connectivity index (χ3n) is 3.06. The minimum absolute atomic E-state index is 0.121. The van der Waals surface area contributed by atoms with Crippen molar-refractivity contribution in [1.82, 2.24) is 5.32 Å². The van der Waals surface area contributed by atoms with Gasteiger partial charge in [-0.05, 0) is 48.2 Å². The summed E-state index contributed by atoms with van der Waals surface area (Å²) >= 11 is 7.43. The topological polar surface area (TPSA) is 61.4 Å². The number of rotatable bonds is 5. The number of amides is 2. The number of carbonyl (C=O) groups is 1. The maximum atomic E-state index is 11.8. The highest BCUT2D eigenvalue weighted by Crippen LogP contribution is 2.18. The molecule has 0 heterocycles. The molecule has 4 nitrogen and oxygen atoms in total. The van der Waals surface area contributed by atoms with Gasteiger partial charge in [0, 0.05) is 22.2 Å². The molecule has 0 bridgehead atoms. The van der Waals surface area contributed by atoms with Crippen molar-refractivity contribution in [2.75, 3.05) is 18.1 Å². The van der Waals surface area contributed by atoms with E-state index in [0.717, 1.165) is 4.90 Å². The summed E-state index contributed by atoms with van der Waals surface area (Å²) in [4.78, 5) is 12.9. The van der Waals surface area contributed by atoms with Crippen LogP contribution in [-0.4, -0.2) is 23.9 Å². The van der Waals surface area contributed by atoms with Crippen LogP contribution in [0.5, 0.6) is 0 Å². The van der Waals surface area contributed by atoms with Crippen molar-refractivity contribution < 1.29 is 9.90 Å². The number of hydrogen-bond acceptors (Lipinski definition) is 3. The van der Waals surface area contributed by atoms with E-state index in [0.29, 0.717) is 16.3 Å². The number of benzene rings is 2. The Balaban J connectivity index is 1.82. The van der Waals surface area contributed by atoms with Gasteiger partial charge in [0.25, 0.3) is 0 Å². The van der Waals surface area contributed by atoms with Crippen LogP contribution in [0.2, 0.25) is 5.02 Å². The SMILES string of the molecule is CSc1ccc(NC(=O)NCC(O)c2ccc(Cl)cc2)cc1. The lowest BCUT2D eigenvalue weighted by Gasteiger charge is -2.13. The second-order valence-corrected chi connectivity index (χ2v) is 5.95. The number of urea groups is 1. The summed E-state index contributed by atoms with van der Waals surface area (Å²) in [7, 11) is 0. The first-order valence-corrected chi connectivity index (χ1v) is 8.31. The maximum Gasteiger partial charge on any atom is 0.319 e. The molecule has 1 unspecified atom stereocenters. The molecule has 0 saturated heterocycles. The van der Waals surface area contributed by atoms with Gasteiger partial charge < -0.3 is 15.7 Å². The Morgan fingerprint density at radius 1 is 1.18 bits per heavy atom. The van der Waals surface area contributed by atoms with E-state index in [1.54, 1.807) is 36.0 Å². The zero-order valence-corrected chi connectivity index (χ0v) is 13.6. The molecule has 3 N–H and O–H groups in total. The quantitative estimate of drug-likeness (QED) is 0.725. The third kappa shape index (κ3) is 4.94. The minimum atomic E-state index is -0.776. The van der Waals surface area contributed by atoms with Gasteiger partial charge in [0.05, 0.1) is 6.10 Å².